The summed E-state index contributed by atoms with van der Waals surface area (Å²) >= 11 is 0. The Bertz CT molecular complexity index is 3060. The smallest absolute Gasteiger partial charge is 0.135 e. The van der Waals surface area contributed by atoms with Crippen LogP contribution in [0.4, 0.5) is 11.4 Å². The molecule has 1 aliphatic rings. The molecule has 5 nitrogen and oxygen atoms in total. The topological polar surface area (TPSA) is 33.5 Å². The maximum Gasteiger partial charge on any atom is 0.135 e. The summed E-state index contributed by atoms with van der Waals surface area (Å²) in [4.78, 5) is 9.48. The second kappa shape index (κ2) is 17.4. The first-order chi connectivity index (χ1) is 30.7. The number of hydrogen-bond donors (Lipinski definition) is 0. The van der Waals surface area contributed by atoms with Crippen molar-refractivity contribution in [2.45, 2.75) is 101 Å². The first-order valence-corrected chi connectivity index (χ1v) is 22.9. The van der Waals surface area contributed by atoms with Gasteiger partial charge in [-0.25, -0.2) is 4.98 Å². The van der Waals surface area contributed by atoms with Crippen LogP contribution in [-0.4, -0.2) is 9.55 Å². The molecule has 66 heavy (non-hydrogen) atoms. The maximum atomic E-state index is 6.88. The van der Waals surface area contributed by atoms with Crippen LogP contribution in [-0.2, 0) is 31.9 Å². The molecule has 2 aromatic heterocycles. The summed E-state index contributed by atoms with van der Waals surface area (Å²) in [7, 11) is 0. The Labute approximate surface area is 407 Å². The van der Waals surface area contributed by atoms with Gasteiger partial charge in [-0.3, -0.25) is 0 Å². The van der Waals surface area contributed by atoms with E-state index in [2.05, 4.69) is 239 Å². The number of fused-ring (bicyclic) bond motifs is 3. The van der Waals surface area contributed by atoms with Crippen molar-refractivity contribution >= 4 is 33.2 Å². The molecule has 3 heterocycles. The van der Waals surface area contributed by atoms with Crippen LogP contribution in [0, 0.1) is 51.9 Å². The van der Waals surface area contributed by atoms with E-state index in [1.54, 1.807) is 0 Å². The first kappa shape index (κ1) is 46.6. The van der Waals surface area contributed by atoms with E-state index in [4.69, 9.17) is 9.72 Å². The van der Waals surface area contributed by atoms with E-state index >= 15 is 0 Å². The van der Waals surface area contributed by atoms with Gasteiger partial charge in [0.15, 0.2) is 0 Å². The summed E-state index contributed by atoms with van der Waals surface area (Å²) in [5, 5.41) is 2.24. The normalized spacial score (nSPS) is 13.4. The van der Waals surface area contributed by atoms with Crippen molar-refractivity contribution < 1.29 is 25.8 Å². The van der Waals surface area contributed by atoms with Gasteiger partial charge in [-0.1, -0.05) is 122 Å². The summed E-state index contributed by atoms with van der Waals surface area (Å²) in [6, 6.07) is 49.0. The minimum absolute atomic E-state index is 0. The van der Waals surface area contributed by atoms with Crippen LogP contribution in [0.25, 0.3) is 49.9 Å². The molecule has 0 saturated heterocycles. The molecule has 0 amide bonds. The van der Waals surface area contributed by atoms with Gasteiger partial charge in [0.2, 0.25) is 0 Å². The number of anilines is 2. The van der Waals surface area contributed by atoms with Crippen molar-refractivity contribution in [1.29, 1.82) is 0 Å². The Balaban J connectivity index is 0.00000592. The monoisotopic (exact) mass is 1050 g/mol. The van der Waals surface area contributed by atoms with Gasteiger partial charge in [0.25, 0.3) is 0 Å². The van der Waals surface area contributed by atoms with Crippen molar-refractivity contribution in [2.24, 2.45) is 5.41 Å². The molecule has 6 heteroatoms. The molecule has 0 radical (unpaired) electrons. The van der Waals surface area contributed by atoms with E-state index in [1.165, 1.54) is 50.1 Å². The van der Waals surface area contributed by atoms with Crippen molar-refractivity contribution in [3.8, 4) is 39.6 Å². The molecule has 0 N–H and O–H groups in total. The summed E-state index contributed by atoms with van der Waals surface area (Å²) in [6.07, 6.45) is 4.20. The number of benzene rings is 6. The third-order valence-corrected chi connectivity index (χ3v) is 12.9. The van der Waals surface area contributed by atoms with Gasteiger partial charge in [0.1, 0.15) is 5.82 Å². The standard InChI is InChI=1S/C60H61N4O.Pt/c1-38-18-16-19-39(2)56(38)42-28-43(57-40(3)20-17-21-41(57)4)30-46(29-42)62-36-54(60(11,12)13)63(37-62)47-31-45(59(8,9)10)32-49(34-47)65-48-24-25-51-50-22-14-15-23-52(50)64(53(51)35-48)55-33-44(26-27-61-55)58(5,6)7;/h14-33,36-37H,1-13H3;/q-3;. The Morgan fingerprint density at radius 3 is 1.76 bits per heavy atom. The molecule has 0 unspecified atom stereocenters. The number of ether oxygens (including phenoxy) is 1. The fourth-order valence-electron chi connectivity index (χ4n) is 9.33. The Hall–Kier alpha value is -5.90. The summed E-state index contributed by atoms with van der Waals surface area (Å²) < 4.78 is 9.09. The summed E-state index contributed by atoms with van der Waals surface area (Å²) in [5.74, 6) is 2.10. The van der Waals surface area contributed by atoms with Gasteiger partial charge in [-0.15, -0.1) is 53.6 Å². The fourth-order valence-corrected chi connectivity index (χ4v) is 9.33. The van der Waals surface area contributed by atoms with Crippen molar-refractivity contribution in [2.75, 3.05) is 9.80 Å². The average molecular weight is 1050 g/mol. The van der Waals surface area contributed by atoms with E-state index in [-0.39, 0.29) is 37.3 Å². The van der Waals surface area contributed by atoms with E-state index in [0.717, 1.165) is 50.3 Å². The van der Waals surface area contributed by atoms with E-state index in [9.17, 15) is 0 Å². The van der Waals surface area contributed by atoms with Gasteiger partial charge in [0, 0.05) is 61.1 Å². The van der Waals surface area contributed by atoms with Crippen molar-refractivity contribution in [3.05, 3.63) is 186 Å². The molecule has 0 bridgehead atoms. The van der Waals surface area contributed by atoms with Crippen LogP contribution in [0.2, 0.25) is 0 Å². The predicted molar refractivity (Wildman–Crippen MR) is 273 cm³/mol. The van der Waals surface area contributed by atoms with Crippen LogP contribution in [0.3, 0.4) is 0 Å². The molecule has 8 aromatic rings. The quantitative estimate of drug-likeness (QED) is 0.149. The largest absolute Gasteiger partial charge is 0.509 e. The summed E-state index contributed by atoms with van der Waals surface area (Å²) in [5.41, 5.74) is 17.1. The number of pyridine rings is 1. The number of hydrogen-bond acceptors (Lipinski definition) is 4. The number of nitrogens with zero attached hydrogens (tertiary/aromatic N) is 4. The Morgan fingerprint density at radius 2 is 1.17 bits per heavy atom. The molecule has 0 fully saturated rings. The van der Waals surface area contributed by atoms with E-state index in [0.29, 0.717) is 11.5 Å². The number of rotatable bonds is 7. The Kier molecular flexibility index (Phi) is 12.3. The molecule has 0 atom stereocenters. The molecule has 1 aliphatic heterocycles. The van der Waals surface area contributed by atoms with Crippen molar-refractivity contribution in [3.63, 3.8) is 0 Å². The number of allylic oxidation sites excluding steroid dienone is 1. The molecule has 340 valence electrons. The molecule has 0 spiro atoms. The zero-order valence-corrected chi connectivity index (χ0v) is 43.0. The van der Waals surface area contributed by atoms with Gasteiger partial charge < -0.3 is 19.1 Å². The minimum atomic E-state index is -0.206. The van der Waals surface area contributed by atoms with Crippen LogP contribution >= 0.6 is 0 Å². The van der Waals surface area contributed by atoms with Gasteiger partial charge >= 0.3 is 0 Å². The van der Waals surface area contributed by atoms with Gasteiger partial charge in [-0.05, 0) is 137 Å². The maximum absolute atomic E-state index is 6.88. The minimum Gasteiger partial charge on any atom is -0.509 e. The SMILES string of the molecule is Cc1cccc(C)c1-c1cc(-c2c(C)cccc2C)cc(N2C=C(C(C)(C)C)N(c3[c-]c(Oc4[c-]c5c(cc4)c4ccccc4n5-c4cc(C(C)(C)C)ccn4)cc(C(C)(C)C)c3)[CH-]2)c1.[Pt]. The molecular formula is C60H61N4OPt-3. The number of para-hydroxylation sites is 1. The third kappa shape index (κ3) is 8.87. The van der Waals surface area contributed by atoms with E-state index in [1.807, 2.05) is 12.3 Å². The zero-order chi connectivity index (χ0) is 46.2. The fraction of sp³-hybridized carbons (Fsp3) is 0.267. The molecular weight excluding hydrogens is 988 g/mol. The van der Waals surface area contributed by atoms with Crippen LogP contribution in [0.15, 0.2) is 133 Å². The predicted octanol–water partition coefficient (Wildman–Crippen LogP) is 16.1. The van der Waals surface area contributed by atoms with Crippen molar-refractivity contribution in [1.82, 2.24) is 9.55 Å². The van der Waals surface area contributed by atoms with Gasteiger partial charge in [0.05, 0.1) is 0 Å². The third-order valence-electron chi connectivity index (χ3n) is 12.9. The second-order valence-electron chi connectivity index (χ2n) is 21.0. The molecule has 9 rings (SSSR count). The molecule has 6 aromatic carbocycles. The van der Waals surface area contributed by atoms with Gasteiger partial charge in [-0.2, -0.15) is 6.07 Å². The summed E-state index contributed by atoms with van der Waals surface area (Å²) in [6.45, 7) is 31.4. The average Bonchev–Trinajstić information content (AvgIpc) is 3.84. The molecule has 0 aliphatic carbocycles. The first-order valence-electron chi connectivity index (χ1n) is 22.9. The second-order valence-corrected chi connectivity index (χ2v) is 21.0. The van der Waals surface area contributed by atoms with Crippen LogP contribution < -0.4 is 14.5 Å². The van der Waals surface area contributed by atoms with Crippen LogP contribution in [0.1, 0.15) is 95.7 Å². The van der Waals surface area contributed by atoms with Crippen LogP contribution in [0.5, 0.6) is 11.5 Å². The number of aromatic nitrogens is 2. The molecule has 0 saturated carbocycles. The zero-order valence-electron chi connectivity index (χ0n) is 40.7. The number of aryl methyl sites for hydroxylation is 4. The van der Waals surface area contributed by atoms with E-state index < -0.39 is 0 Å². The Morgan fingerprint density at radius 1 is 0.561 bits per heavy atom.